The van der Waals surface area contributed by atoms with Crippen molar-refractivity contribution < 1.29 is 0 Å². The second-order valence-corrected chi connectivity index (χ2v) is 6.68. The minimum atomic E-state index is -0.00507. The molecule has 0 saturated carbocycles. The largest absolute Gasteiger partial charge is 0.329 e. The Hall–Kier alpha value is -0.610. The predicted molar refractivity (Wildman–Crippen MR) is 93.0 cm³/mol. The maximum absolute atomic E-state index is 6.11. The fourth-order valence-electron chi connectivity index (χ4n) is 2.74. The molecule has 0 saturated heterocycles. The van der Waals surface area contributed by atoms with E-state index in [-0.39, 0.29) is 5.54 Å². The number of benzene rings is 1. The zero-order valence-corrected chi connectivity index (χ0v) is 14.7. The minimum Gasteiger partial charge on any atom is -0.329 e. The minimum absolute atomic E-state index is 0.00507. The van der Waals surface area contributed by atoms with Gasteiger partial charge in [0.2, 0.25) is 0 Å². The van der Waals surface area contributed by atoms with Crippen LogP contribution < -0.4 is 5.73 Å². The van der Waals surface area contributed by atoms with Gasteiger partial charge < -0.3 is 10.6 Å². The third-order valence-corrected chi connectivity index (χ3v) is 4.37. The summed E-state index contributed by atoms with van der Waals surface area (Å²) in [5.74, 6) is 0. The molecule has 1 rings (SSSR count). The number of nitrogens with two attached hydrogens (primary N) is 1. The molecule has 1 atom stereocenters. The van der Waals surface area contributed by atoms with Crippen LogP contribution in [0.1, 0.15) is 25.8 Å². The van der Waals surface area contributed by atoms with Gasteiger partial charge >= 0.3 is 0 Å². The van der Waals surface area contributed by atoms with E-state index in [1.807, 2.05) is 12.1 Å². The van der Waals surface area contributed by atoms with Gasteiger partial charge in [-0.2, -0.15) is 0 Å². The third kappa shape index (κ3) is 5.95. The van der Waals surface area contributed by atoms with Crippen LogP contribution in [0.4, 0.5) is 0 Å². The summed E-state index contributed by atoms with van der Waals surface area (Å²) < 4.78 is 0. The van der Waals surface area contributed by atoms with Crippen molar-refractivity contribution in [1.29, 1.82) is 0 Å². The molecule has 0 amide bonds. The monoisotopic (exact) mass is 311 g/mol. The lowest BCUT2D eigenvalue weighted by atomic mass is 9.90. The molecule has 0 bridgehead atoms. The number of nitrogens with zero attached hydrogens (tertiary/aromatic N) is 2. The molecular formula is C17H30ClN3. The molecule has 3 nitrogen and oxygen atoms in total. The summed E-state index contributed by atoms with van der Waals surface area (Å²) in [6, 6.07) is 8.11. The van der Waals surface area contributed by atoms with E-state index in [0.717, 1.165) is 37.5 Å². The Morgan fingerprint density at radius 3 is 2.24 bits per heavy atom. The van der Waals surface area contributed by atoms with Crippen molar-refractivity contribution in [2.45, 2.75) is 32.2 Å². The van der Waals surface area contributed by atoms with Gasteiger partial charge in [0, 0.05) is 17.1 Å². The Balaban J connectivity index is 2.72. The van der Waals surface area contributed by atoms with Gasteiger partial charge in [0.25, 0.3) is 0 Å². The summed E-state index contributed by atoms with van der Waals surface area (Å²) in [6.45, 7) is 8.35. The maximum atomic E-state index is 6.11. The molecule has 1 aromatic rings. The van der Waals surface area contributed by atoms with Gasteiger partial charge in [-0.1, -0.05) is 30.7 Å². The van der Waals surface area contributed by atoms with Gasteiger partial charge in [0.1, 0.15) is 0 Å². The predicted octanol–water partition coefficient (Wildman–Crippen LogP) is 2.87. The van der Waals surface area contributed by atoms with E-state index >= 15 is 0 Å². The molecule has 0 aliphatic rings. The number of likely N-dealkylation sites (N-methyl/N-ethyl adjacent to an activating group) is 1. The van der Waals surface area contributed by atoms with E-state index < -0.39 is 0 Å². The highest BCUT2D eigenvalue weighted by molar-refractivity contribution is 6.30. The number of hydrogen-bond acceptors (Lipinski definition) is 3. The Morgan fingerprint density at radius 1 is 1.14 bits per heavy atom. The van der Waals surface area contributed by atoms with Crippen molar-refractivity contribution in [3.05, 3.63) is 34.9 Å². The van der Waals surface area contributed by atoms with E-state index in [0.29, 0.717) is 6.54 Å². The molecular weight excluding hydrogens is 282 g/mol. The zero-order chi connectivity index (χ0) is 15.9. The maximum Gasteiger partial charge on any atom is 0.0406 e. The van der Waals surface area contributed by atoms with Gasteiger partial charge in [-0.05, 0) is 71.2 Å². The molecule has 1 unspecified atom stereocenters. The summed E-state index contributed by atoms with van der Waals surface area (Å²) in [4.78, 5) is 4.73. The molecule has 0 radical (unpaired) electrons. The van der Waals surface area contributed by atoms with Crippen molar-refractivity contribution in [2.24, 2.45) is 5.73 Å². The first-order chi connectivity index (χ1) is 9.91. The van der Waals surface area contributed by atoms with E-state index in [4.69, 9.17) is 17.3 Å². The van der Waals surface area contributed by atoms with Crippen LogP contribution in [0, 0.1) is 0 Å². The van der Waals surface area contributed by atoms with Crippen LogP contribution in [0.2, 0.25) is 5.02 Å². The van der Waals surface area contributed by atoms with Crippen LogP contribution in [0.5, 0.6) is 0 Å². The van der Waals surface area contributed by atoms with Crippen molar-refractivity contribution >= 4 is 11.6 Å². The molecule has 4 heteroatoms. The Labute approximate surface area is 135 Å². The lowest BCUT2D eigenvalue weighted by molar-refractivity contribution is 0.112. The van der Waals surface area contributed by atoms with Gasteiger partial charge in [-0.15, -0.1) is 0 Å². The second kappa shape index (κ2) is 8.74. The quantitative estimate of drug-likeness (QED) is 0.761. The molecule has 0 spiro atoms. The molecule has 0 heterocycles. The molecule has 1 aromatic carbocycles. The van der Waals surface area contributed by atoms with E-state index in [1.54, 1.807) is 0 Å². The Kier molecular flexibility index (Phi) is 7.67. The fraction of sp³-hybridized carbons (Fsp3) is 0.647. The number of rotatable bonds is 9. The second-order valence-electron chi connectivity index (χ2n) is 6.24. The smallest absolute Gasteiger partial charge is 0.0406 e. The van der Waals surface area contributed by atoms with Crippen LogP contribution >= 0.6 is 11.6 Å². The molecule has 0 fully saturated rings. The summed E-state index contributed by atoms with van der Waals surface area (Å²) in [6.07, 6.45) is 2.12. The first kappa shape index (κ1) is 18.4. The van der Waals surface area contributed by atoms with Crippen LogP contribution in [0.15, 0.2) is 24.3 Å². The Bertz CT molecular complexity index is 405. The lowest BCUT2D eigenvalue weighted by Crippen LogP contribution is -2.53. The molecule has 0 aromatic heterocycles. The average Bonchev–Trinajstić information content (AvgIpc) is 2.45. The van der Waals surface area contributed by atoms with E-state index in [9.17, 15) is 0 Å². The summed E-state index contributed by atoms with van der Waals surface area (Å²) in [7, 11) is 4.23. The van der Waals surface area contributed by atoms with E-state index in [2.05, 4.69) is 49.9 Å². The highest BCUT2D eigenvalue weighted by Gasteiger charge is 2.29. The topological polar surface area (TPSA) is 32.5 Å². The van der Waals surface area contributed by atoms with Crippen LogP contribution in [-0.4, -0.2) is 55.6 Å². The van der Waals surface area contributed by atoms with Crippen molar-refractivity contribution in [3.8, 4) is 0 Å². The normalized spacial score (nSPS) is 14.7. The van der Waals surface area contributed by atoms with Gasteiger partial charge in [-0.25, -0.2) is 0 Å². The zero-order valence-electron chi connectivity index (χ0n) is 13.9. The fourth-order valence-corrected chi connectivity index (χ4v) is 2.87. The van der Waals surface area contributed by atoms with E-state index in [1.165, 1.54) is 5.56 Å². The lowest BCUT2D eigenvalue weighted by Gasteiger charge is -2.40. The Morgan fingerprint density at radius 2 is 1.76 bits per heavy atom. The molecule has 0 aliphatic heterocycles. The highest BCUT2D eigenvalue weighted by Crippen LogP contribution is 2.21. The number of hydrogen-bond donors (Lipinski definition) is 1. The molecule has 2 N–H and O–H groups in total. The summed E-state index contributed by atoms with van der Waals surface area (Å²) >= 11 is 5.97. The van der Waals surface area contributed by atoms with Gasteiger partial charge in [-0.3, -0.25) is 4.90 Å². The highest BCUT2D eigenvalue weighted by atomic mass is 35.5. The number of halogens is 1. The van der Waals surface area contributed by atoms with Crippen LogP contribution in [-0.2, 0) is 6.42 Å². The third-order valence-electron chi connectivity index (χ3n) is 4.12. The first-order valence-electron chi connectivity index (χ1n) is 7.75. The summed E-state index contributed by atoms with van der Waals surface area (Å²) in [5.41, 5.74) is 7.40. The standard InChI is InChI=1S/C17H30ClN3/c1-5-21(12-6-11-20(3)4)17(2,14-19)13-15-7-9-16(18)10-8-15/h7-10H,5-6,11-14,19H2,1-4H3. The molecule has 0 aliphatic carbocycles. The first-order valence-corrected chi connectivity index (χ1v) is 8.13. The van der Waals surface area contributed by atoms with Gasteiger partial charge in [0.05, 0.1) is 0 Å². The van der Waals surface area contributed by atoms with Crippen molar-refractivity contribution in [2.75, 3.05) is 40.3 Å². The SMILES string of the molecule is CCN(CCCN(C)C)C(C)(CN)Cc1ccc(Cl)cc1. The van der Waals surface area contributed by atoms with Crippen molar-refractivity contribution in [1.82, 2.24) is 9.80 Å². The summed E-state index contributed by atoms with van der Waals surface area (Å²) in [5, 5.41) is 0.784. The van der Waals surface area contributed by atoms with Crippen LogP contribution in [0.3, 0.4) is 0 Å². The molecule has 120 valence electrons. The van der Waals surface area contributed by atoms with Gasteiger partial charge in [0.15, 0.2) is 0 Å². The average molecular weight is 312 g/mol. The van der Waals surface area contributed by atoms with Crippen LogP contribution in [0.25, 0.3) is 0 Å². The van der Waals surface area contributed by atoms with Crippen molar-refractivity contribution in [3.63, 3.8) is 0 Å². The molecule has 21 heavy (non-hydrogen) atoms.